The molecule has 1 aromatic rings. The van der Waals surface area contributed by atoms with Crippen molar-refractivity contribution in [3.8, 4) is 0 Å². The number of fused-ring (bicyclic) bond motifs is 1. The van der Waals surface area contributed by atoms with Gasteiger partial charge in [-0.2, -0.15) is 0 Å². The fraction of sp³-hybridized carbons (Fsp3) is 0.538. The summed E-state index contributed by atoms with van der Waals surface area (Å²) in [5.74, 6) is 0. The van der Waals surface area contributed by atoms with Crippen LogP contribution in [0.25, 0.3) is 0 Å². The summed E-state index contributed by atoms with van der Waals surface area (Å²) in [4.78, 5) is 0. The first-order valence-electron chi connectivity index (χ1n) is 5.98. The Morgan fingerprint density at radius 1 is 1.38 bits per heavy atom. The van der Waals surface area contributed by atoms with Crippen LogP contribution in [-0.4, -0.2) is 19.2 Å². The van der Waals surface area contributed by atoms with Crippen LogP contribution in [0, 0.1) is 0 Å². The highest BCUT2D eigenvalue weighted by Crippen LogP contribution is 2.34. The zero-order valence-corrected chi connectivity index (χ0v) is 10.8. The summed E-state index contributed by atoms with van der Waals surface area (Å²) in [7, 11) is 0. The maximum atomic E-state index is 5.95. The van der Waals surface area contributed by atoms with Crippen LogP contribution in [0.1, 0.15) is 30.1 Å². The standard InChI is InChI=1S/C13H16BrNO/c14-10-3-4-11-9(8-10)5-7-16-13(11)12-2-1-6-15-12/h3-4,8,12-13,15H,1-2,5-7H2/t12-,13-/m0/s1. The number of nitrogens with one attached hydrogen (secondary N) is 1. The largest absolute Gasteiger partial charge is 0.372 e. The second kappa shape index (κ2) is 4.47. The molecule has 0 amide bonds. The Bertz CT molecular complexity index is 388. The third-order valence-electron chi connectivity index (χ3n) is 3.54. The second-order valence-corrected chi connectivity index (χ2v) is 5.50. The molecule has 1 N–H and O–H groups in total. The summed E-state index contributed by atoms with van der Waals surface area (Å²) in [6.45, 7) is 1.99. The van der Waals surface area contributed by atoms with Crippen molar-refractivity contribution in [3.63, 3.8) is 0 Å². The molecule has 1 fully saturated rings. The predicted molar refractivity (Wildman–Crippen MR) is 67.6 cm³/mol. The van der Waals surface area contributed by atoms with E-state index in [0.717, 1.165) is 19.6 Å². The molecule has 0 aromatic heterocycles. The molecule has 1 saturated heterocycles. The van der Waals surface area contributed by atoms with Gasteiger partial charge in [0.15, 0.2) is 0 Å². The van der Waals surface area contributed by atoms with Gasteiger partial charge in [0.2, 0.25) is 0 Å². The molecule has 3 rings (SSSR count). The number of rotatable bonds is 1. The van der Waals surface area contributed by atoms with Gasteiger partial charge in [-0.15, -0.1) is 0 Å². The molecular formula is C13H16BrNO. The molecule has 2 nitrogen and oxygen atoms in total. The zero-order valence-electron chi connectivity index (χ0n) is 9.21. The lowest BCUT2D eigenvalue weighted by atomic mass is 9.92. The Balaban J connectivity index is 1.93. The molecule has 2 atom stereocenters. The lowest BCUT2D eigenvalue weighted by molar-refractivity contribution is 0.0199. The van der Waals surface area contributed by atoms with Crippen LogP contribution in [0.5, 0.6) is 0 Å². The summed E-state index contributed by atoms with van der Waals surface area (Å²) in [5, 5.41) is 3.55. The molecule has 0 unspecified atom stereocenters. The third-order valence-corrected chi connectivity index (χ3v) is 4.04. The summed E-state index contributed by atoms with van der Waals surface area (Å²) >= 11 is 3.54. The van der Waals surface area contributed by atoms with Gasteiger partial charge in [-0.25, -0.2) is 0 Å². The maximum Gasteiger partial charge on any atom is 0.0980 e. The van der Waals surface area contributed by atoms with Crippen LogP contribution in [0.15, 0.2) is 22.7 Å². The Morgan fingerprint density at radius 2 is 2.31 bits per heavy atom. The fourth-order valence-corrected chi connectivity index (χ4v) is 3.17. The third kappa shape index (κ3) is 1.92. The minimum atomic E-state index is 0.263. The highest BCUT2D eigenvalue weighted by molar-refractivity contribution is 9.10. The highest BCUT2D eigenvalue weighted by atomic mass is 79.9. The smallest absolute Gasteiger partial charge is 0.0980 e. The van der Waals surface area contributed by atoms with Gasteiger partial charge >= 0.3 is 0 Å². The molecule has 0 saturated carbocycles. The molecule has 0 radical (unpaired) electrons. The average Bonchev–Trinajstić information content (AvgIpc) is 2.81. The molecule has 2 heterocycles. The summed E-state index contributed by atoms with van der Waals surface area (Å²) in [6, 6.07) is 7.08. The van der Waals surface area contributed by atoms with Crippen LogP contribution in [-0.2, 0) is 11.2 Å². The quantitative estimate of drug-likeness (QED) is 0.855. The summed E-state index contributed by atoms with van der Waals surface area (Å²) in [6.07, 6.45) is 3.81. The molecule has 2 aliphatic heterocycles. The van der Waals surface area contributed by atoms with E-state index in [9.17, 15) is 0 Å². The molecular weight excluding hydrogens is 266 g/mol. The predicted octanol–water partition coefficient (Wildman–Crippen LogP) is 2.81. The average molecular weight is 282 g/mol. The molecule has 3 heteroatoms. The van der Waals surface area contributed by atoms with E-state index in [1.807, 2.05) is 0 Å². The Hall–Kier alpha value is -0.380. The van der Waals surface area contributed by atoms with Gasteiger partial charge in [0.25, 0.3) is 0 Å². The minimum Gasteiger partial charge on any atom is -0.372 e. The van der Waals surface area contributed by atoms with E-state index in [1.54, 1.807) is 0 Å². The normalized spacial score (nSPS) is 29.1. The van der Waals surface area contributed by atoms with Crippen molar-refractivity contribution in [2.75, 3.05) is 13.2 Å². The zero-order chi connectivity index (χ0) is 11.0. The van der Waals surface area contributed by atoms with Crippen LogP contribution in [0.4, 0.5) is 0 Å². The van der Waals surface area contributed by atoms with Crippen molar-refractivity contribution >= 4 is 15.9 Å². The number of benzene rings is 1. The van der Waals surface area contributed by atoms with Crippen LogP contribution in [0.3, 0.4) is 0 Å². The second-order valence-electron chi connectivity index (χ2n) is 4.59. The maximum absolute atomic E-state index is 5.95. The molecule has 1 aromatic carbocycles. The monoisotopic (exact) mass is 281 g/mol. The van der Waals surface area contributed by atoms with Gasteiger partial charge in [-0.3, -0.25) is 0 Å². The van der Waals surface area contributed by atoms with E-state index < -0.39 is 0 Å². The van der Waals surface area contributed by atoms with Gasteiger partial charge in [-0.05, 0) is 49.1 Å². The van der Waals surface area contributed by atoms with Crippen LogP contribution in [0.2, 0.25) is 0 Å². The molecule has 0 bridgehead atoms. The first kappa shape index (κ1) is 10.8. The Morgan fingerprint density at radius 3 is 3.12 bits per heavy atom. The van der Waals surface area contributed by atoms with Gasteiger partial charge in [0.1, 0.15) is 0 Å². The van der Waals surface area contributed by atoms with Crippen molar-refractivity contribution < 1.29 is 4.74 Å². The van der Waals surface area contributed by atoms with Crippen LogP contribution >= 0.6 is 15.9 Å². The van der Waals surface area contributed by atoms with Gasteiger partial charge in [0, 0.05) is 10.5 Å². The number of ether oxygens (including phenoxy) is 1. The van der Waals surface area contributed by atoms with E-state index >= 15 is 0 Å². The van der Waals surface area contributed by atoms with E-state index in [0.29, 0.717) is 6.04 Å². The van der Waals surface area contributed by atoms with Crippen molar-refractivity contribution in [1.82, 2.24) is 5.32 Å². The molecule has 0 spiro atoms. The van der Waals surface area contributed by atoms with Gasteiger partial charge < -0.3 is 10.1 Å². The van der Waals surface area contributed by atoms with Gasteiger partial charge in [0.05, 0.1) is 12.7 Å². The van der Waals surface area contributed by atoms with Crippen molar-refractivity contribution in [1.29, 1.82) is 0 Å². The van der Waals surface area contributed by atoms with E-state index in [-0.39, 0.29) is 6.10 Å². The highest BCUT2D eigenvalue weighted by Gasteiger charge is 2.30. The molecule has 86 valence electrons. The fourth-order valence-electron chi connectivity index (χ4n) is 2.76. The summed E-state index contributed by atoms with van der Waals surface area (Å²) in [5.41, 5.74) is 2.83. The SMILES string of the molecule is Brc1ccc2c(c1)CCO[C@@H]2[C@@H]1CCCN1. The lowest BCUT2D eigenvalue weighted by Crippen LogP contribution is -2.33. The molecule has 2 aliphatic rings. The number of hydrogen-bond donors (Lipinski definition) is 1. The van der Waals surface area contributed by atoms with Crippen molar-refractivity contribution in [2.24, 2.45) is 0 Å². The lowest BCUT2D eigenvalue weighted by Gasteiger charge is -2.30. The first-order chi connectivity index (χ1) is 7.84. The molecule has 16 heavy (non-hydrogen) atoms. The number of hydrogen-bond acceptors (Lipinski definition) is 2. The number of halogens is 1. The first-order valence-corrected chi connectivity index (χ1v) is 6.77. The Kier molecular flexibility index (Phi) is 3.01. The van der Waals surface area contributed by atoms with Crippen molar-refractivity contribution in [3.05, 3.63) is 33.8 Å². The topological polar surface area (TPSA) is 21.3 Å². The summed E-state index contributed by atoms with van der Waals surface area (Å²) < 4.78 is 7.12. The van der Waals surface area contributed by atoms with E-state index in [2.05, 4.69) is 39.4 Å². The van der Waals surface area contributed by atoms with Gasteiger partial charge in [-0.1, -0.05) is 22.0 Å². The Labute approximate surface area is 105 Å². The minimum absolute atomic E-state index is 0.263. The van der Waals surface area contributed by atoms with E-state index in [1.165, 1.54) is 28.4 Å². The molecule has 0 aliphatic carbocycles. The van der Waals surface area contributed by atoms with E-state index in [4.69, 9.17) is 4.74 Å². The van der Waals surface area contributed by atoms with Crippen LogP contribution < -0.4 is 5.32 Å². The van der Waals surface area contributed by atoms with Crippen molar-refractivity contribution in [2.45, 2.75) is 31.4 Å².